The van der Waals surface area contributed by atoms with E-state index < -0.39 is 0 Å². The van der Waals surface area contributed by atoms with Crippen molar-refractivity contribution < 1.29 is 4.79 Å². The van der Waals surface area contributed by atoms with Gasteiger partial charge in [-0.25, -0.2) is 4.98 Å². The van der Waals surface area contributed by atoms with Crippen LogP contribution < -0.4 is 4.90 Å². The predicted molar refractivity (Wildman–Crippen MR) is 91.8 cm³/mol. The molecule has 1 aliphatic rings. The van der Waals surface area contributed by atoms with E-state index in [2.05, 4.69) is 32.7 Å². The number of hydrogen-bond acceptors (Lipinski definition) is 5. The van der Waals surface area contributed by atoms with Gasteiger partial charge in [-0.3, -0.25) is 19.3 Å². The van der Waals surface area contributed by atoms with Crippen molar-refractivity contribution in [3.63, 3.8) is 0 Å². The first-order valence-corrected chi connectivity index (χ1v) is 8.83. The molecule has 1 aliphatic heterocycles. The summed E-state index contributed by atoms with van der Waals surface area (Å²) >= 11 is 1.49. The van der Waals surface area contributed by atoms with Crippen LogP contribution in [0.2, 0.25) is 0 Å². The molecule has 0 radical (unpaired) electrons. The molecule has 0 unspecified atom stereocenters. The Morgan fingerprint density at radius 1 is 1.48 bits per heavy atom. The van der Waals surface area contributed by atoms with E-state index in [0.29, 0.717) is 12.6 Å². The van der Waals surface area contributed by atoms with Crippen molar-refractivity contribution in [3.05, 3.63) is 29.0 Å². The van der Waals surface area contributed by atoms with Gasteiger partial charge in [-0.05, 0) is 39.3 Å². The fourth-order valence-corrected chi connectivity index (χ4v) is 3.76. The lowest BCUT2D eigenvalue weighted by Crippen LogP contribution is -2.42. The Bertz CT molecular complexity index is 666. The normalized spacial score (nSPS) is 18.5. The van der Waals surface area contributed by atoms with Crippen molar-refractivity contribution in [1.29, 1.82) is 0 Å². The molecular weight excluding hydrogens is 310 g/mol. The van der Waals surface area contributed by atoms with Gasteiger partial charge in [-0.2, -0.15) is 5.10 Å². The Balaban J connectivity index is 1.62. The molecule has 2 aromatic heterocycles. The molecule has 0 bridgehead atoms. The smallest absolute Gasteiger partial charge is 0.242 e. The van der Waals surface area contributed by atoms with Crippen LogP contribution >= 0.6 is 11.3 Å². The van der Waals surface area contributed by atoms with Crippen LogP contribution in [0.3, 0.4) is 0 Å². The Morgan fingerprint density at radius 3 is 2.96 bits per heavy atom. The van der Waals surface area contributed by atoms with Gasteiger partial charge in [0.25, 0.3) is 0 Å². The molecule has 0 N–H and O–H groups in total. The van der Waals surface area contributed by atoms with Crippen LogP contribution in [0.1, 0.15) is 24.2 Å². The third-order valence-corrected chi connectivity index (χ3v) is 5.25. The third-order valence-electron chi connectivity index (χ3n) is 4.40. The maximum absolute atomic E-state index is 12.5. The van der Waals surface area contributed by atoms with Gasteiger partial charge < -0.3 is 0 Å². The number of nitrogens with zero attached hydrogens (tertiary/aromatic N) is 5. The third kappa shape index (κ3) is 3.61. The van der Waals surface area contributed by atoms with Crippen molar-refractivity contribution in [3.8, 4) is 0 Å². The lowest BCUT2D eigenvalue weighted by atomic mass is 10.2. The standard InChI is InChI=1S/C16H23N5OS/c1-12-9-13(2)21(18-12)10-14-5-4-7-20(14)11-15(22)19(3)16-17-6-8-23-16/h6,8-9,14H,4-5,7,10-11H2,1-3H3/t14-/m1/s1. The summed E-state index contributed by atoms with van der Waals surface area (Å²) in [6.45, 7) is 6.37. The molecule has 23 heavy (non-hydrogen) atoms. The molecule has 0 aromatic carbocycles. The average molecular weight is 333 g/mol. The first kappa shape index (κ1) is 16.1. The summed E-state index contributed by atoms with van der Waals surface area (Å²) in [6, 6.07) is 2.47. The average Bonchev–Trinajstić information content (AvgIpc) is 3.22. The second kappa shape index (κ2) is 6.80. The number of amides is 1. The minimum Gasteiger partial charge on any atom is -0.290 e. The second-order valence-corrected chi connectivity index (χ2v) is 7.02. The minimum atomic E-state index is 0.0974. The summed E-state index contributed by atoms with van der Waals surface area (Å²) in [4.78, 5) is 20.6. The number of anilines is 1. The quantitative estimate of drug-likeness (QED) is 0.841. The van der Waals surface area contributed by atoms with Crippen molar-refractivity contribution >= 4 is 22.4 Å². The van der Waals surface area contributed by atoms with Crippen LogP contribution in [0.4, 0.5) is 5.13 Å². The predicted octanol–water partition coefficient (Wildman–Crippen LogP) is 2.08. The number of hydrogen-bond donors (Lipinski definition) is 0. The van der Waals surface area contributed by atoms with Gasteiger partial charge in [0.15, 0.2) is 5.13 Å². The van der Waals surface area contributed by atoms with Gasteiger partial charge >= 0.3 is 0 Å². The Kier molecular flexibility index (Phi) is 4.77. The van der Waals surface area contributed by atoms with Gasteiger partial charge in [0.2, 0.25) is 5.91 Å². The van der Waals surface area contributed by atoms with E-state index in [9.17, 15) is 4.79 Å². The summed E-state index contributed by atoms with van der Waals surface area (Å²) < 4.78 is 2.06. The number of thiazole rings is 1. The number of likely N-dealkylation sites (tertiary alicyclic amines) is 1. The summed E-state index contributed by atoms with van der Waals surface area (Å²) in [7, 11) is 1.80. The molecule has 1 saturated heterocycles. The van der Waals surface area contributed by atoms with Gasteiger partial charge in [0, 0.05) is 30.4 Å². The molecule has 7 heteroatoms. The maximum atomic E-state index is 12.5. The number of aromatic nitrogens is 3. The van der Waals surface area contributed by atoms with Gasteiger partial charge in [-0.15, -0.1) is 11.3 Å². The Morgan fingerprint density at radius 2 is 2.30 bits per heavy atom. The molecule has 3 rings (SSSR count). The number of carbonyl (C=O) groups is 1. The topological polar surface area (TPSA) is 54.3 Å². The number of likely N-dealkylation sites (N-methyl/N-ethyl adjacent to an activating group) is 1. The van der Waals surface area contributed by atoms with Crippen LogP contribution in [0.5, 0.6) is 0 Å². The molecule has 0 spiro atoms. The second-order valence-electron chi connectivity index (χ2n) is 6.14. The molecule has 2 aromatic rings. The van der Waals surface area contributed by atoms with Crippen molar-refractivity contribution in [2.24, 2.45) is 0 Å². The summed E-state index contributed by atoms with van der Waals surface area (Å²) in [5, 5.41) is 7.19. The van der Waals surface area contributed by atoms with Crippen molar-refractivity contribution in [2.45, 2.75) is 39.3 Å². The van der Waals surface area contributed by atoms with Crippen molar-refractivity contribution in [1.82, 2.24) is 19.7 Å². The molecule has 6 nitrogen and oxygen atoms in total. The van der Waals surface area contributed by atoms with Crippen molar-refractivity contribution in [2.75, 3.05) is 25.0 Å². The minimum absolute atomic E-state index is 0.0974. The van der Waals surface area contributed by atoms with E-state index in [1.165, 1.54) is 17.0 Å². The summed E-state index contributed by atoms with van der Waals surface area (Å²) in [5.74, 6) is 0.0974. The number of rotatable bonds is 5. The van der Waals surface area contributed by atoms with E-state index in [4.69, 9.17) is 0 Å². The summed E-state index contributed by atoms with van der Waals surface area (Å²) in [6.07, 6.45) is 3.98. The molecule has 0 saturated carbocycles. The highest BCUT2D eigenvalue weighted by atomic mass is 32.1. The van der Waals surface area contributed by atoms with Gasteiger partial charge in [-0.1, -0.05) is 0 Å². The lowest BCUT2D eigenvalue weighted by Gasteiger charge is -2.26. The lowest BCUT2D eigenvalue weighted by molar-refractivity contribution is -0.119. The molecule has 1 fully saturated rings. The van der Waals surface area contributed by atoms with Gasteiger partial charge in [0.05, 0.1) is 18.8 Å². The van der Waals surface area contributed by atoms with Crippen LogP contribution in [0.25, 0.3) is 0 Å². The number of carbonyl (C=O) groups excluding carboxylic acids is 1. The maximum Gasteiger partial charge on any atom is 0.242 e. The zero-order valence-electron chi connectivity index (χ0n) is 13.9. The van der Waals surface area contributed by atoms with Gasteiger partial charge in [0.1, 0.15) is 0 Å². The molecule has 0 aliphatic carbocycles. The summed E-state index contributed by atoms with van der Waals surface area (Å²) in [5.41, 5.74) is 2.23. The van der Waals surface area contributed by atoms with E-state index in [-0.39, 0.29) is 5.91 Å². The van der Waals surface area contributed by atoms with E-state index in [1.807, 2.05) is 12.3 Å². The van der Waals surface area contributed by atoms with E-state index >= 15 is 0 Å². The first-order chi connectivity index (χ1) is 11.0. The fourth-order valence-electron chi connectivity index (χ4n) is 3.14. The van der Waals surface area contributed by atoms with Crippen LogP contribution in [-0.4, -0.2) is 51.8 Å². The molecule has 1 atom stereocenters. The Labute approximate surface area is 140 Å². The zero-order valence-corrected chi connectivity index (χ0v) is 14.7. The Hall–Kier alpha value is -1.73. The fraction of sp³-hybridized carbons (Fsp3) is 0.562. The largest absolute Gasteiger partial charge is 0.290 e. The SMILES string of the molecule is Cc1cc(C)n(C[C@H]2CCCN2CC(=O)N(C)c2nccs2)n1. The monoisotopic (exact) mass is 333 g/mol. The first-order valence-electron chi connectivity index (χ1n) is 7.96. The molecule has 124 valence electrons. The highest BCUT2D eigenvalue weighted by Crippen LogP contribution is 2.21. The molecule has 1 amide bonds. The highest BCUT2D eigenvalue weighted by molar-refractivity contribution is 7.13. The number of aryl methyl sites for hydroxylation is 2. The van der Waals surface area contributed by atoms with Crippen LogP contribution in [-0.2, 0) is 11.3 Å². The molecule has 3 heterocycles. The molecular formula is C16H23N5OS. The van der Waals surface area contributed by atoms with E-state index in [1.54, 1.807) is 18.1 Å². The van der Waals surface area contributed by atoms with Crippen LogP contribution in [0.15, 0.2) is 17.6 Å². The zero-order chi connectivity index (χ0) is 16.4. The van der Waals surface area contributed by atoms with Crippen LogP contribution in [0, 0.1) is 13.8 Å². The highest BCUT2D eigenvalue weighted by Gasteiger charge is 2.28. The van der Waals surface area contributed by atoms with E-state index in [0.717, 1.165) is 36.8 Å².